The molecular formula is C24H24N2O5. The van der Waals surface area contributed by atoms with Gasteiger partial charge in [0.1, 0.15) is 18.7 Å². The van der Waals surface area contributed by atoms with E-state index in [0.717, 1.165) is 27.2 Å². The van der Waals surface area contributed by atoms with Gasteiger partial charge in [-0.15, -0.1) is 12.3 Å². The molecule has 1 aliphatic carbocycles. The quantitative estimate of drug-likeness (QED) is 0.672. The molecule has 31 heavy (non-hydrogen) atoms. The van der Waals surface area contributed by atoms with Crippen LogP contribution in [0.1, 0.15) is 30.4 Å². The minimum absolute atomic E-state index is 0.0836. The summed E-state index contributed by atoms with van der Waals surface area (Å²) >= 11 is 0. The number of hydrogen-bond acceptors (Lipinski definition) is 4. The SMILES string of the molecule is C#CCC(NC(=O)OCC1c2ccccc2-c2ccccc21)C(=O)N(C)[C@@H](C)C(=O)O. The molecule has 0 aliphatic heterocycles. The van der Waals surface area contributed by atoms with Gasteiger partial charge in [-0.1, -0.05) is 48.5 Å². The third kappa shape index (κ3) is 4.53. The van der Waals surface area contributed by atoms with Gasteiger partial charge in [-0.25, -0.2) is 9.59 Å². The lowest BCUT2D eigenvalue weighted by molar-refractivity contribution is -0.148. The predicted octanol–water partition coefficient (Wildman–Crippen LogP) is 2.85. The highest BCUT2D eigenvalue weighted by atomic mass is 16.5. The molecule has 0 spiro atoms. The monoisotopic (exact) mass is 420 g/mol. The molecule has 3 rings (SSSR count). The lowest BCUT2D eigenvalue weighted by atomic mass is 9.98. The summed E-state index contributed by atoms with van der Waals surface area (Å²) in [4.78, 5) is 37.2. The van der Waals surface area contributed by atoms with Crippen LogP contribution in [0.15, 0.2) is 48.5 Å². The number of rotatable bonds is 7. The molecule has 2 aromatic rings. The number of amides is 2. The van der Waals surface area contributed by atoms with Gasteiger partial charge in [0.25, 0.3) is 0 Å². The van der Waals surface area contributed by atoms with Crippen LogP contribution in [0.3, 0.4) is 0 Å². The van der Waals surface area contributed by atoms with Crippen molar-refractivity contribution >= 4 is 18.0 Å². The Balaban J connectivity index is 1.68. The van der Waals surface area contributed by atoms with Crippen molar-refractivity contribution in [1.29, 1.82) is 0 Å². The molecule has 0 radical (unpaired) electrons. The van der Waals surface area contributed by atoms with Crippen LogP contribution in [0.25, 0.3) is 11.1 Å². The van der Waals surface area contributed by atoms with Gasteiger partial charge >= 0.3 is 12.1 Å². The number of terminal acetylenes is 1. The standard InChI is InChI=1S/C24H24N2O5/c1-4-9-21(22(27)26(3)15(2)23(28)29)25-24(30)31-14-20-18-12-7-5-10-16(18)17-11-6-8-13-19(17)20/h1,5-8,10-13,15,20-21H,9,14H2,2-3H3,(H,25,30)(H,28,29)/t15-,21?/m0/s1. The first-order chi connectivity index (χ1) is 14.8. The highest BCUT2D eigenvalue weighted by Crippen LogP contribution is 2.44. The topological polar surface area (TPSA) is 95.9 Å². The lowest BCUT2D eigenvalue weighted by Crippen LogP contribution is -2.51. The molecule has 0 saturated heterocycles. The van der Waals surface area contributed by atoms with Crippen molar-refractivity contribution in [1.82, 2.24) is 10.2 Å². The van der Waals surface area contributed by atoms with Crippen LogP contribution in [-0.4, -0.2) is 53.7 Å². The Morgan fingerprint density at radius 3 is 2.19 bits per heavy atom. The number of carbonyl (C=O) groups is 3. The zero-order chi connectivity index (χ0) is 22.5. The third-order valence-corrected chi connectivity index (χ3v) is 5.54. The number of alkyl carbamates (subject to hydrolysis) is 1. The van der Waals surface area contributed by atoms with E-state index in [1.165, 1.54) is 14.0 Å². The third-order valence-electron chi connectivity index (χ3n) is 5.54. The second-order valence-electron chi connectivity index (χ2n) is 7.39. The first kappa shape index (κ1) is 21.9. The number of benzene rings is 2. The molecular weight excluding hydrogens is 396 g/mol. The van der Waals surface area contributed by atoms with Gasteiger partial charge in [0.2, 0.25) is 5.91 Å². The van der Waals surface area contributed by atoms with Crippen molar-refractivity contribution in [2.75, 3.05) is 13.7 Å². The summed E-state index contributed by atoms with van der Waals surface area (Å²) in [6, 6.07) is 13.8. The van der Waals surface area contributed by atoms with Crippen LogP contribution in [0.2, 0.25) is 0 Å². The summed E-state index contributed by atoms with van der Waals surface area (Å²) in [6.07, 6.45) is 4.46. The Morgan fingerprint density at radius 2 is 1.68 bits per heavy atom. The van der Waals surface area contributed by atoms with Crippen LogP contribution in [0.5, 0.6) is 0 Å². The summed E-state index contributed by atoms with van der Waals surface area (Å²) in [7, 11) is 1.35. The Hall–Kier alpha value is -3.79. The predicted molar refractivity (Wildman–Crippen MR) is 115 cm³/mol. The van der Waals surface area contributed by atoms with Crippen molar-refractivity contribution in [3.8, 4) is 23.5 Å². The number of fused-ring (bicyclic) bond motifs is 3. The van der Waals surface area contributed by atoms with Gasteiger partial charge in [0.05, 0.1) is 0 Å². The molecule has 0 aromatic heterocycles. The van der Waals surface area contributed by atoms with E-state index in [1.54, 1.807) is 0 Å². The van der Waals surface area contributed by atoms with E-state index in [-0.39, 0.29) is 18.9 Å². The summed E-state index contributed by atoms with van der Waals surface area (Å²) < 4.78 is 5.45. The van der Waals surface area contributed by atoms with Crippen molar-refractivity contribution in [2.24, 2.45) is 0 Å². The maximum absolute atomic E-state index is 12.6. The van der Waals surface area contributed by atoms with E-state index in [0.29, 0.717) is 0 Å². The van der Waals surface area contributed by atoms with Crippen LogP contribution in [0, 0.1) is 12.3 Å². The highest BCUT2D eigenvalue weighted by molar-refractivity contribution is 5.89. The number of carboxylic acids is 1. The number of nitrogens with one attached hydrogen (secondary N) is 1. The number of carboxylic acid groups (broad SMARTS) is 1. The molecule has 1 aliphatic rings. The Labute approximate surface area is 181 Å². The van der Waals surface area contributed by atoms with Crippen molar-refractivity contribution in [3.63, 3.8) is 0 Å². The molecule has 2 N–H and O–H groups in total. The number of carbonyl (C=O) groups excluding carboxylic acids is 2. The largest absolute Gasteiger partial charge is 0.480 e. The summed E-state index contributed by atoms with van der Waals surface area (Å²) in [5.41, 5.74) is 4.36. The molecule has 7 nitrogen and oxygen atoms in total. The zero-order valence-corrected chi connectivity index (χ0v) is 17.4. The van der Waals surface area contributed by atoms with Gasteiger partial charge in [0, 0.05) is 19.4 Å². The number of aliphatic carboxylic acids is 1. The minimum atomic E-state index is -1.16. The maximum atomic E-state index is 12.6. The molecule has 2 atom stereocenters. The molecule has 2 amide bonds. The first-order valence-corrected chi connectivity index (χ1v) is 9.89. The Kier molecular flexibility index (Phi) is 6.61. The van der Waals surface area contributed by atoms with Crippen molar-refractivity contribution < 1.29 is 24.2 Å². The normalized spacial score (nSPS) is 13.8. The van der Waals surface area contributed by atoms with Gasteiger partial charge < -0.3 is 20.1 Å². The van der Waals surface area contributed by atoms with Gasteiger partial charge in [-0.05, 0) is 29.2 Å². The summed E-state index contributed by atoms with van der Waals surface area (Å²) in [5, 5.41) is 11.6. The Bertz CT molecular complexity index is 997. The van der Waals surface area contributed by atoms with E-state index in [4.69, 9.17) is 16.3 Å². The van der Waals surface area contributed by atoms with E-state index in [2.05, 4.69) is 11.2 Å². The smallest absolute Gasteiger partial charge is 0.407 e. The summed E-state index contributed by atoms with van der Waals surface area (Å²) in [6.45, 7) is 1.47. The molecule has 0 bridgehead atoms. The number of hydrogen-bond donors (Lipinski definition) is 2. The molecule has 0 fully saturated rings. The first-order valence-electron chi connectivity index (χ1n) is 9.89. The van der Waals surface area contributed by atoms with Crippen LogP contribution >= 0.6 is 0 Å². The lowest BCUT2D eigenvalue weighted by Gasteiger charge is -2.26. The fourth-order valence-electron chi connectivity index (χ4n) is 3.70. The fourth-order valence-corrected chi connectivity index (χ4v) is 3.70. The van der Waals surface area contributed by atoms with Crippen LogP contribution in [0.4, 0.5) is 4.79 Å². The van der Waals surface area contributed by atoms with Crippen LogP contribution < -0.4 is 5.32 Å². The number of nitrogens with zero attached hydrogens (tertiary/aromatic N) is 1. The van der Waals surface area contributed by atoms with Crippen LogP contribution in [-0.2, 0) is 14.3 Å². The average molecular weight is 420 g/mol. The molecule has 1 unspecified atom stereocenters. The molecule has 160 valence electrons. The second-order valence-corrected chi connectivity index (χ2v) is 7.39. The molecule has 2 aromatic carbocycles. The fraction of sp³-hybridized carbons (Fsp3) is 0.292. The van der Waals surface area contributed by atoms with Crippen molar-refractivity contribution in [2.45, 2.75) is 31.3 Å². The van der Waals surface area contributed by atoms with E-state index >= 15 is 0 Å². The number of likely N-dealkylation sites (N-methyl/N-ethyl adjacent to an activating group) is 1. The molecule has 7 heteroatoms. The Morgan fingerprint density at radius 1 is 1.13 bits per heavy atom. The zero-order valence-electron chi connectivity index (χ0n) is 17.4. The van der Waals surface area contributed by atoms with Crippen molar-refractivity contribution in [3.05, 3.63) is 59.7 Å². The highest BCUT2D eigenvalue weighted by Gasteiger charge is 2.31. The second kappa shape index (κ2) is 9.35. The molecule has 0 heterocycles. The van der Waals surface area contributed by atoms with Gasteiger partial charge in [-0.3, -0.25) is 4.79 Å². The van der Waals surface area contributed by atoms with Gasteiger partial charge in [0.15, 0.2) is 0 Å². The van der Waals surface area contributed by atoms with E-state index < -0.39 is 30.1 Å². The van der Waals surface area contributed by atoms with Gasteiger partial charge in [-0.2, -0.15) is 0 Å². The van der Waals surface area contributed by atoms with E-state index in [9.17, 15) is 14.4 Å². The van der Waals surface area contributed by atoms with E-state index in [1.807, 2.05) is 48.5 Å². The minimum Gasteiger partial charge on any atom is -0.480 e. The number of ether oxygens (including phenoxy) is 1. The summed E-state index contributed by atoms with van der Waals surface area (Å²) in [5.74, 6) is 0.467. The maximum Gasteiger partial charge on any atom is 0.407 e. The molecule has 0 saturated carbocycles. The average Bonchev–Trinajstić information content (AvgIpc) is 3.09.